The normalized spacial score (nSPS) is 19.1. The molecule has 1 N–H and O–H groups in total. The van der Waals surface area contributed by atoms with Crippen molar-refractivity contribution in [2.45, 2.75) is 38.7 Å². The SMILES string of the molecule is Cc1ccc(C(=O)OC[C@H]2O[C@@H](n3ccn4c(=O)[nH]c(=O)nc34)C[C@@H]2OC(=O)c2ccc(C)cc2)cc1. The highest BCUT2D eigenvalue weighted by molar-refractivity contribution is 5.90. The lowest BCUT2D eigenvalue weighted by atomic mass is 10.1. The fraction of sp³-hybridized carbons (Fsp3) is 0.269. The Morgan fingerprint density at radius 2 is 1.59 bits per heavy atom. The molecule has 1 aliphatic rings. The third kappa shape index (κ3) is 5.07. The number of esters is 2. The quantitative estimate of drug-likeness (QED) is 0.395. The maximum absolute atomic E-state index is 12.8. The number of rotatable bonds is 6. The average Bonchev–Trinajstić information content (AvgIpc) is 3.47. The number of nitrogens with zero attached hydrogens (tertiary/aromatic N) is 3. The van der Waals surface area contributed by atoms with Gasteiger partial charge < -0.3 is 14.2 Å². The molecule has 37 heavy (non-hydrogen) atoms. The molecule has 0 unspecified atom stereocenters. The fourth-order valence-corrected chi connectivity index (χ4v) is 4.13. The highest BCUT2D eigenvalue weighted by atomic mass is 16.6. The van der Waals surface area contributed by atoms with E-state index < -0.39 is 41.8 Å². The first-order chi connectivity index (χ1) is 17.8. The van der Waals surface area contributed by atoms with Gasteiger partial charge in [-0.15, -0.1) is 0 Å². The number of nitrogens with one attached hydrogen (secondary N) is 1. The lowest BCUT2D eigenvalue weighted by Crippen LogP contribution is -2.32. The molecule has 11 nitrogen and oxygen atoms in total. The first-order valence-corrected chi connectivity index (χ1v) is 11.6. The summed E-state index contributed by atoms with van der Waals surface area (Å²) in [5, 5.41) is 0. The van der Waals surface area contributed by atoms with Crippen LogP contribution in [0.1, 0.15) is 44.5 Å². The van der Waals surface area contributed by atoms with Crippen LogP contribution < -0.4 is 11.4 Å². The number of H-pyrrole nitrogens is 1. The summed E-state index contributed by atoms with van der Waals surface area (Å²) in [5.41, 5.74) is 1.32. The van der Waals surface area contributed by atoms with E-state index in [1.165, 1.54) is 15.2 Å². The average molecular weight is 504 g/mol. The monoisotopic (exact) mass is 504 g/mol. The third-order valence-corrected chi connectivity index (χ3v) is 6.16. The van der Waals surface area contributed by atoms with Crippen LogP contribution in [0.4, 0.5) is 0 Å². The Hall–Kier alpha value is -4.51. The Labute approximate surface area is 210 Å². The molecule has 2 aromatic heterocycles. The van der Waals surface area contributed by atoms with Crippen molar-refractivity contribution in [2.24, 2.45) is 0 Å². The van der Waals surface area contributed by atoms with Gasteiger partial charge in [-0.3, -0.25) is 9.55 Å². The summed E-state index contributed by atoms with van der Waals surface area (Å²) in [6.07, 6.45) is 0.851. The summed E-state index contributed by atoms with van der Waals surface area (Å²) in [6.45, 7) is 3.65. The number of carbonyl (C=O) groups excluding carboxylic acids is 2. The predicted octanol–water partition coefficient (Wildman–Crippen LogP) is 2.17. The number of aryl methyl sites for hydroxylation is 2. The van der Waals surface area contributed by atoms with E-state index in [9.17, 15) is 19.2 Å². The summed E-state index contributed by atoms with van der Waals surface area (Å²) in [4.78, 5) is 55.3. The summed E-state index contributed by atoms with van der Waals surface area (Å²) in [6, 6.07) is 13.9. The molecular weight excluding hydrogens is 480 g/mol. The number of fused-ring (bicyclic) bond motifs is 1. The summed E-state index contributed by atoms with van der Waals surface area (Å²) >= 11 is 0. The Morgan fingerprint density at radius 3 is 2.24 bits per heavy atom. The van der Waals surface area contributed by atoms with E-state index in [4.69, 9.17) is 14.2 Å². The third-order valence-electron chi connectivity index (χ3n) is 6.16. The second-order valence-electron chi connectivity index (χ2n) is 8.86. The Morgan fingerprint density at radius 1 is 0.973 bits per heavy atom. The molecule has 1 fully saturated rings. The first-order valence-electron chi connectivity index (χ1n) is 11.6. The van der Waals surface area contributed by atoms with Gasteiger partial charge >= 0.3 is 23.3 Å². The predicted molar refractivity (Wildman–Crippen MR) is 130 cm³/mol. The van der Waals surface area contributed by atoms with Crippen molar-refractivity contribution >= 4 is 17.7 Å². The van der Waals surface area contributed by atoms with Crippen LogP contribution in [0, 0.1) is 13.8 Å². The number of imidazole rings is 1. The molecule has 0 aliphatic carbocycles. The zero-order valence-electron chi connectivity index (χ0n) is 20.1. The Kier molecular flexibility index (Phi) is 6.45. The van der Waals surface area contributed by atoms with Gasteiger partial charge in [0.2, 0.25) is 5.78 Å². The lowest BCUT2D eigenvalue weighted by Gasteiger charge is -2.19. The molecule has 0 spiro atoms. The zero-order valence-corrected chi connectivity index (χ0v) is 20.1. The van der Waals surface area contributed by atoms with Crippen LogP contribution in [0.5, 0.6) is 0 Å². The van der Waals surface area contributed by atoms with Gasteiger partial charge in [0.15, 0.2) is 0 Å². The molecule has 190 valence electrons. The van der Waals surface area contributed by atoms with Crippen LogP contribution in [0.2, 0.25) is 0 Å². The first kappa shape index (κ1) is 24.2. The molecule has 4 aromatic rings. The molecule has 2 aromatic carbocycles. The summed E-state index contributed by atoms with van der Waals surface area (Å²) < 4.78 is 20.0. The number of ether oxygens (including phenoxy) is 3. The number of aromatic nitrogens is 4. The summed E-state index contributed by atoms with van der Waals surface area (Å²) in [5.74, 6) is -1.02. The molecule has 3 heterocycles. The lowest BCUT2D eigenvalue weighted by molar-refractivity contribution is -0.0563. The maximum Gasteiger partial charge on any atom is 0.352 e. The second-order valence-corrected chi connectivity index (χ2v) is 8.86. The van der Waals surface area contributed by atoms with Crippen LogP contribution in [0.3, 0.4) is 0 Å². The van der Waals surface area contributed by atoms with Crippen molar-refractivity contribution in [3.63, 3.8) is 0 Å². The van der Waals surface area contributed by atoms with Crippen LogP contribution in [0.25, 0.3) is 5.78 Å². The van der Waals surface area contributed by atoms with Gasteiger partial charge in [-0.1, -0.05) is 35.4 Å². The van der Waals surface area contributed by atoms with E-state index in [1.54, 1.807) is 54.7 Å². The van der Waals surface area contributed by atoms with Crippen molar-refractivity contribution in [3.05, 3.63) is 104 Å². The van der Waals surface area contributed by atoms with Crippen molar-refractivity contribution < 1.29 is 23.8 Å². The zero-order chi connectivity index (χ0) is 26.1. The molecule has 0 amide bonds. The van der Waals surface area contributed by atoms with Crippen molar-refractivity contribution in [1.29, 1.82) is 0 Å². The van der Waals surface area contributed by atoms with E-state index in [0.717, 1.165) is 11.1 Å². The molecule has 1 aliphatic heterocycles. The van der Waals surface area contributed by atoms with Crippen molar-refractivity contribution in [1.82, 2.24) is 18.9 Å². The minimum absolute atomic E-state index is 0.0691. The number of hydrogen-bond acceptors (Lipinski definition) is 8. The molecule has 0 bridgehead atoms. The largest absolute Gasteiger partial charge is 0.459 e. The number of carbonyl (C=O) groups is 2. The van der Waals surface area contributed by atoms with E-state index in [1.807, 2.05) is 13.8 Å². The molecular formula is C26H24N4O7. The smallest absolute Gasteiger partial charge is 0.352 e. The molecule has 5 rings (SSSR count). The molecule has 3 atom stereocenters. The maximum atomic E-state index is 12.8. The number of aromatic amines is 1. The fourth-order valence-electron chi connectivity index (χ4n) is 4.13. The van der Waals surface area contributed by atoms with Gasteiger partial charge in [-0.25, -0.2) is 23.6 Å². The van der Waals surface area contributed by atoms with Gasteiger partial charge in [-0.05, 0) is 38.1 Å². The summed E-state index contributed by atoms with van der Waals surface area (Å²) in [7, 11) is 0. The molecule has 0 radical (unpaired) electrons. The van der Waals surface area contributed by atoms with Gasteiger partial charge in [-0.2, -0.15) is 4.98 Å². The highest BCUT2D eigenvalue weighted by Crippen LogP contribution is 2.32. The number of benzene rings is 2. The van der Waals surface area contributed by atoms with Crippen molar-refractivity contribution in [3.8, 4) is 0 Å². The Bertz CT molecular complexity index is 1570. The van der Waals surface area contributed by atoms with Crippen LogP contribution in [0.15, 0.2) is 70.5 Å². The standard InChI is InChI=1S/C26H24N4O7/c1-15-3-7-17(8-4-15)22(31)35-14-20-19(37-23(32)18-9-5-16(2)6-10-18)13-21(36-20)29-11-12-30-25(29)27-24(33)28-26(30)34/h3-12,19-21H,13-14H2,1-2H3,(H,28,33,34)/t19-,20+,21+/m0/s1. The Balaban J connectivity index is 1.38. The van der Waals surface area contributed by atoms with Gasteiger partial charge in [0.25, 0.3) is 0 Å². The van der Waals surface area contributed by atoms with Gasteiger partial charge in [0.1, 0.15) is 25.0 Å². The number of hydrogen-bond donors (Lipinski definition) is 1. The van der Waals surface area contributed by atoms with Gasteiger partial charge in [0.05, 0.1) is 11.1 Å². The van der Waals surface area contributed by atoms with Crippen LogP contribution in [-0.2, 0) is 14.2 Å². The second kappa shape index (κ2) is 9.86. The minimum Gasteiger partial charge on any atom is -0.459 e. The highest BCUT2D eigenvalue weighted by Gasteiger charge is 2.40. The minimum atomic E-state index is -0.801. The van der Waals surface area contributed by atoms with E-state index in [0.29, 0.717) is 11.1 Å². The molecule has 1 saturated heterocycles. The van der Waals surface area contributed by atoms with Crippen LogP contribution >= 0.6 is 0 Å². The van der Waals surface area contributed by atoms with E-state index in [-0.39, 0.29) is 18.8 Å². The van der Waals surface area contributed by atoms with E-state index >= 15 is 0 Å². The van der Waals surface area contributed by atoms with Crippen LogP contribution in [-0.4, -0.2) is 49.7 Å². The topological polar surface area (TPSA) is 134 Å². The van der Waals surface area contributed by atoms with Gasteiger partial charge in [0, 0.05) is 18.8 Å². The molecule has 11 heteroatoms. The van der Waals surface area contributed by atoms with Crippen molar-refractivity contribution in [2.75, 3.05) is 6.61 Å². The van der Waals surface area contributed by atoms with E-state index in [2.05, 4.69) is 9.97 Å². The molecule has 0 saturated carbocycles.